The molecule has 2 nitrogen and oxygen atoms in total. The van der Waals surface area contributed by atoms with Crippen molar-refractivity contribution in [1.82, 2.24) is 0 Å². The van der Waals surface area contributed by atoms with Crippen molar-refractivity contribution in [1.29, 1.82) is 0 Å². The van der Waals surface area contributed by atoms with Crippen molar-refractivity contribution < 1.29 is 9.47 Å². The van der Waals surface area contributed by atoms with Crippen LogP contribution >= 0.6 is 0 Å². The summed E-state index contributed by atoms with van der Waals surface area (Å²) in [6.45, 7) is 11.8. The van der Waals surface area contributed by atoms with Gasteiger partial charge in [0, 0.05) is 12.8 Å². The van der Waals surface area contributed by atoms with Crippen molar-refractivity contribution in [2.24, 2.45) is 16.7 Å². The first kappa shape index (κ1) is 51.2. The lowest BCUT2D eigenvalue weighted by molar-refractivity contribution is -0.281. The van der Waals surface area contributed by atoms with Gasteiger partial charge in [-0.1, -0.05) is 205 Å². The van der Waals surface area contributed by atoms with Crippen LogP contribution in [0.4, 0.5) is 0 Å². The molecule has 58 heavy (non-hydrogen) atoms. The van der Waals surface area contributed by atoms with Gasteiger partial charge in [-0.3, -0.25) is 0 Å². The van der Waals surface area contributed by atoms with Gasteiger partial charge in [0.15, 0.2) is 5.79 Å². The maximum absolute atomic E-state index is 6.92. The second-order valence-corrected chi connectivity index (χ2v) is 20.6. The van der Waals surface area contributed by atoms with Crippen LogP contribution in [0, 0.1) is 16.7 Å². The summed E-state index contributed by atoms with van der Waals surface area (Å²) < 4.78 is 13.8. The third kappa shape index (κ3) is 22.6. The van der Waals surface area contributed by atoms with Gasteiger partial charge in [-0.2, -0.15) is 0 Å². The van der Waals surface area contributed by atoms with Crippen LogP contribution in [0.2, 0.25) is 0 Å². The Morgan fingerprint density at radius 2 is 0.845 bits per heavy atom. The zero-order valence-electron chi connectivity index (χ0n) is 39.8. The predicted molar refractivity (Wildman–Crippen MR) is 257 cm³/mol. The van der Waals surface area contributed by atoms with E-state index in [2.05, 4.69) is 83.2 Å². The third-order valence-electron chi connectivity index (χ3n) is 14.3. The zero-order valence-corrected chi connectivity index (χ0v) is 39.8. The van der Waals surface area contributed by atoms with Crippen LogP contribution in [0.3, 0.4) is 0 Å². The van der Waals surface area contributed by atoms with E-state index in [-0.39, 0.29) is 5.79 Å². The molecular formula is C56H100O2. The minimum atomic E-state index is -0.236. The van der Waals surface area contributed by atoms with Crippen molar-refractivity contribution in [3.05, 3.63) is 48.6 Å². The topological polar surface area (TPSA) is 18.5 Å². The van der Waals surface area contributed by atoms with Crippen LogP contribution < -0.4 is 0 Å². The highest BCUT2D eigenvalue weighted by atomic mass is 16.8. The van der Waals surface area contributed by atoms with Gasteiger partial charge in [-0.25, -0.2) is 0 Å². The van der Waals surface area contributed by atoms with Crippen LogP contribution in [0.25, 0.3) is 0 Å². The summed E-state index contributed by atoms with van der Waals surface area (Å²) in [7, 11) is 0. The number of hydrogen-bond acceptors (Lipinski definition) is 2. The molecule has 0 amide bonds. The van der Waals surface area contributed by atoms with Crippen LogP contribution in [-0.2, 0) is 9.47 Å². The SMILES string of the molecule is CCCCC/C=C\C/C=C\CCCCCCCCC1(CCCCCCCC/C=C\C/C=C\CCCCC)CC2(C1)O[C@H]1CC(CCCCC(C)(C)CCCC)C[C@H]1O2. The molecule has 0 aromatic carbocycles. The predicted octanol–water partition coefficient (Wildman–Crippen LogP) is 18.8. The van der Waals surface area contributed by atoms with Crippen molar-refractivity contribution in [3.63, 3.8) is 0 Å². The van der Waals surface area contributed by atoms with E-state index in [1.807, 2.05) is 0 Å². The number of hydrogen-bond donors (Lipinski definition) is 0. The van der Waals surface area contributed by atoms with E-state index < -0.39 is 0 Å². The molecule has 0 N–H and O–H groups in total. The smallest absolute Gasteiger partial charge is 0.170 e. The lowest BCUT2D eigenvalue weighted by Crippen LogP contribution is -2.53. The average Bonchev–Trinajstić information content (AvgIpc) is 3.74. The second-order valence-electron chi connectivity index (χ2n) is 20.6. The number of ether oxygens (including phenoxy) is 2. The second kappa shape index (κ2) is 31.7. The zero-order chi connectivity index (χ0) is 41.5. The van der Waals surface area contributed by atoms with Gasteiger partial charge < -0.3 is 9.47 Å². The summed E-state index contributed by atoms with van der Waals surface area (Å²) in [5.41, 5.74) is 0.981. The van der Waals surface area contributed by atoms with Gasteiger partial charge in [-0.05, 0) is 119 Å². The fourth-order valence-electron chi connectivity index (χ4n) is 10.6. The molecule has 3 atom stereocenters. The molecule has 1 spiro atoms. The highest BCUT2D eigenvalue weighted by Crippen LogP contribution is 2.61. The highest BCUT2D eigenvalue weighted by Gasteiger charge is 2.62. The molecule has 1 saturated heterocycles. The Labute approximate surface area is 363 Å². The number of rotatable bonds is 38. The van der Waals surface area contributed by atoms with E-state index in [0.717, 1.165) is 18.8 Å². The van der Waals surface area contributed by atoms with Crippen molar-refractivity contribution >= 4 is 0 Å². The Morgan fingerprint density at radius 1 is 0.448 bits per heavy atom. The van der Waals surface area contributed by atoms with Gasteiger partial charge >= 0.3 is 0 Å². The minimum Gasteiger partial charge on any atom is -0.344 e. The van der Waals surface area contributed by atoms with Crippen molar-refractivity contribution in [3.8, 4) is 0 Å². The van der Waals surface area contributed by atoms with Gasteiger partial charge in [0.1, 0.15) is 0 Å². The van der Waals surface area contributed by atoms with Gasteiger partial charge in [0.25, 0.3) is 0 Å². The summed E-state index contributed by atoms with van der Waals surface area (Å²) in [5.74, 6) is 0.577. The Hall–Kier alpha value is -1.12. The lowest BCUT2D eigenvalue weighted by Gasteiger charge is -2.54. The van der Waals surface area contributed by atoms with E-state index in [9.17, 15) is 0 Å². The van der Waals surface area contributed by atoms with Gasteiger partial charge in [-0.15, -0.1) is 0 Å². The first-order valence-electron chi connectivity index (χ1n) is 26.3. The Balaban J connectivity index is 1.31. The molecule has 336 valence electrons. The Morgan fingerprint density at radius 3 is 1.29 bits per heavy atom. The largest absolute Gasteiger partial charge is 0.344 e. The maximum Gasteiger partial charge on any atom is 0.170 e. The normalized spacial score (nSPS) is 21.5. The molecule has 3 fully saturated rings. The first-order chi connectivity index (χ1) is 28.3. The molecule has 0 radical (unpaired) electrons. The van der Waals surface area contributed by atoms with Crippen LogP contribution in [0.5, 0.6) is 0 Å². The average molecular weight is 805 g/mol. The maximum atomic E-state index is 6.92. The summed E-state index contributed by atoms with van der Waals surface area (Å²) in [5, 5.41) is 0. The van der Waals surface area contributed by atoms with Crippen molar-refractivity contribution in [2.75, 3.05) is 0 Å². The first-order valence-corrected chi connectivity index (χ1v) is 26.3. The molecule has 3 aliphatic rings. The highest BCUT2D eigenvalue weighted by molar-refractivity contribution is 5.06. The molecular weight excluding hydrogens is 705 g/mol. The molecule has 1 aliphatic heterocycles. The van der Waals surface area contributed by atoms with E-state index in [4.69, 9.17) is 9.47 Å². The molecule has 1 heterocycles. The summed E-state index contributed by atoms with van der Waals surface area (Å²) in [6.07, 6.45) is 69.0. The Bertz CT molecular complexity index is 1020. The summed E-state index contributed by atoms with van der Waals surface area (Å²) >= 11 is 0. The summed E-state index contributed by atoms with van der Waals surface area (Å²) in [4.78, 5) is 0. The van der Waals surface area contributed by atoms with Gasteiger partial charge in [0.05, 0.1) is 12.2 Å². The fraction of sp³-hybridized carbons (Fsp3) is 0.857. The standard InChI is InChI=1S/C56H100O2/c1-6-9-12-14-16-18-20-22-24-26-28-30-32-34-36-39-45-55(46-40-37-35-33-31-29-27-25-23-21-19-17-15-13-10-7-2)49-56(50-55)57-52-47-51(48-53(52)58-56)42-38-41-44-54(4,5)43-11-8-3/h16-19,22-25,51-53H,6-15,20-21,26-50H2,1-5H3/b18-16-,19-17-,24-22-,25-23-/t51?,52-,53+. The number of allylic oxidation sites excluding steroid dienone is 8. The monoisotopic (exact) mass is 805 g/mol. The third-order valence-corrected chi connectivity index (χ3v) is 14.3. The van der Waals surface area contributed by atoms with Gasteiger partial charge in [0.2, 0.25) is 0 Å². The quantitative estimate of drug-likeness (QED) is 0.0457. The molecule has 0 bridgehead atoms. The lowest BCUT2D eigenvalue weighted by atomic mass is 9.59. The number of fused-ring (bicyclic) bond motifs is 1. The van der Waals surface area contributed by atoms with Crippen molar-refractivity contribution in [2.45, 2.75) is 290 Å². The molecule has 3 rings (SSSR count). The van der Waals surface area contributed by atoms with E-state index in [1.54, 1.807) is 0 Å². The molecule has 0 aromatic rings. The minimum absolute atomic E-state index is 0.236. The summed E-state index contributed by atoms with van der Waals surface area (Å²) in [6, 6.07) is 0. The van der Waals surface area contributed by atoms with E-state index >= 15 is 0 Å². The molecule has 2 heteroatoms. The van der Waals surface area contributed by atoms with Crippen LogP contribution in [0.15, 0.2) is 48.6 Å². The molecule has 0 aromatic heterocycles. The van der Waals surface area contributed by atoms with E-state index in [1.165, 1.54) is 225 Å². The molecule has 2 saturated carbocycles. The molecule has 2 aliphatic carbocycles. The fourth-order valence-corrected chi connectivity index (χ4v) is 10.6. The number of unbranched alkanes of at least 4 members (excludes halogenated alkanes) is 20. The molecule has 1 unspecified atom stereocenters. The van der Waals surface area contributed by atoms with E-state index in [0.29, 0.717) is 23.0 Å². The van der Waals surface area contributed by atoms with Crippen LogP contribution in [-0.4, -0.2) is 18.0 Å². The van der Waals surface area contributed by atoms with Crippen LogP contribution in [0.1, 0.15) is 272 Å². The Kier molecular flexibility index (Phi) is 28.0.